The highest BCUT2D eigenvalue weighted by molar-refractivity contribution is 6.46. The number of ketones is 1. The van der Waals surface area contributed by atoms with Crippen LogP contribution in [0.1, 0.15) is 47.2 Å². The van der Waals surface area contributed by atoms with Gasteiger partial charge in [0.1, 0.15) is 11.5 Å². The Hall–Kier alpha value is -3.93. The number of rotatable bonds is 7. The number of benzene rings is 2. The first kappa shape index (κ1) is 23.2. The molecule has 6 heteroatoms. The van der Waals surface area contributed by atoms with Gasteiger partial charge in [-0.3, -0.25) is 14.6 Å². The maximum absolute atomic E-state index is 13.2. The summed E-state index contributed by atoms with van der Waals surface area (Å²) in [6, 6.07) is 15.9. The van der Waals surface area contributed by atoms with E-state index in [1.807, 2.05) is 51.1 Å². The lowest BCUT2D eigenvalue weighted by Crippen LogP contribution is -2.29. The number of nitrogens with zero attached hydrogens (tertiary/aromatic N) is 2. The second-order valence-corrected chi connectivity index (χ2v) is 8.53. The second-order valence-electron chi connectivity index (χ2n) is 8.53. The number of carbonyl (C=O) groups is 2. The number of aryl methyl sites for hydroxylation is 2. The maximum Gasteiger partial charge on any atom is 0.295 e. The van der Waals surface area contributed by atoms with Gasteiger partial charge in [-0.1, -0.05) is 42.8 Å². The van der Waals surface area contributed by atoms with Crippen LogP contribution in [0.2, 0.25) is 0 Å². The zero-order chi connectivity index (χ0) is 24.2. The van der Waals surface area contributed by atoms with Crippen molar-refractivity contribution in [3.63, 3.8) is 0 Å². The first-order valence-corrected chi connectivity index (χ1v) is 11.4. The number of aliphatic hydroxyl groups excluding tert-OH is 1. The Morgan fingerprint density at radius 2 is 1.85 bits per heavy atom. The molecule has 1 amide bonds. The molecule has 0 bridgehead atoms. The highest BCUT2D eigenvalue weighted by Crippen LogP contribution is 2.40. The van der Waals surface area contributed by atoms with Gasteiger partial charge in [-0.2, -0.15) is 0 Å². The fraction of sp³-hybridized carbons (Fsp3) is 0.250. The summed E-state index contributed by atoms with van der Waals surface area (Å²) >= 11 is 0. The average molecular weight is 457 g/mol. The molecule has 1 saturated heterocycles. The molecule has 1 N–H and O–H groups in total. The van der Waals surface area contributed by atoms with Gasteiger partial charge in [0.15, 0.2) is 0 Å². The van der Waals surface area contributed by atoms with E-state index in [2.05, 4.69) is 4.98 Å². The number of hydrogen-bond donors (Lipinski definition) is 1. The average Bonchev–Trinajstić information content (AvgIpc) is 3.09. The quantitative estimate of drug-likeness (QED) is 0.304. The van der Waals surface area contributed by atoms with Crippen LogP contribution in [0.15, 0.2) is 72.6 Å². The molecule has 1 atom stereocenters. The van der Waals surface area contributed by atoms with E-state index in [-0.39, 0.29) is 17.9 Å². The van der Waals surface area contributed by atoms with Crippen molar-refractivity contribution in [2.45, 2.75) is 39.8 Å². The van der Waals surface area contributed by atoms with Crippen molar-refractivity contribution in [3.05, 3.63) is 100 Å². The first-order valence-electron chi connectivity index (χ1n) is 11.4. The summed E-state index contributed by atoms with van der Waals surface area (Å²) in [6.45, 7) is 6.70. The SMILES string of the molecule is CCCOc1ccc(/C(O)=C2/C(=O)C(=O)N(Cc3cccnc3)C2c2ccc(C)cc2)cc1C. The zero-order valence-corrected chi connectivity index (χ0v) is 19.6. The molecule has 0 spiro atoms. The van der Waals surface area contributed by atoms with Crippen molar-refractivity contribution in [3.8, 4) is 5.75 Å². The summed E-state index contributed by atoms with van der Waals surface area (Å²) in [6.07, 6.45) is 4.22. The van der Waals surface area contributed by atoms with Crippen LogP contribution < -0.4 is 4.74 Å². The highest BCUT2D eigenvalue weighted by Gasteiger charge is 2.46. The molecule has 1 aliphatic heterocycles. The lowest BCUT2D eigenvalue weighted by Gasteiger charge is -2.25. The van der Waals surface area contributed by atoms with Crippen LogP contribution in [0.5, 0.6) is 5.75 Å². The molecule has 6 nitrogen and oxygen atoms in total. The molecule has 1 unspecified atom stereocenters. The van der Waals surface area contributed by atoms with Gasteiger partial charge in [-0.25, -0.2) is 0 Å². The largest absolute Gasteiger partial charge is 0.507 e. The summed E-state index contributed by atoms with van der Waals surface area (Å²) in [4.78, 5) is 32.0. The second kappa shape index (κ2) is 9.91. The smallest absolute Gasteiger partial charge is 0.295 e. The molecular formula is C28H28N2O4. The topological polar surface area (TPSA) is 79.7 Å². The standard InChI is InChI=1S/C28H28N2O4/c1-4-14-34-23-12-11-22(15-19(23)3)26(31)24-25(21-9-7-18(2)8-10-21)30(28(33)27(24)32)17-20-6-5-13-29-16-20/h5-13,15-16,25,31H,4,14,17H2,1-3H3/b26-24-. The zero-order valence-electron chi connectivity index (χ0n) is 19.6. The van der Waals surface area contributed by atoms with E-state index in [9.17, 15) is 14.7 Å². The van der Waals surface area contributed by atoms with E-state index in [4.69, 9.17) is 4.74 Å². The lowest BCUT2D eigenvalue weighted by molar-refractivity contribution is -0.140. The Labute approximate surface area is 199 Å². The first-order chi connectivity index (χ1) is 16.4. The Morgan fingerprint density at radius 3 is 2.50 bits per heavy atom. The molecule has 2 heterocycles. The van der Waals surface area contributed by atoms with Gasteiger partial charge in [0.25, 0.3) is 11.7 Å². The number of likely N-dealkylation sites (tertiary alicyclic amines) is 1. The summed E-state index contributed by atoms with van der Waals surface area (Å²) in [5, 5.41) is 11.3. The van der Waals surface area contributed by atoms with Gasteiger partial charge in [0, 0.05) is 24.5 Å². The van der Waals surface area contributed by atoms with Crippen molar-refractivity contribution in [1.29, 1.82) is 0 Å². The third-order valence-electron chi connectivity index (χ3n) is 5.92. The number of ether oxygens (including phenoxy) is 1. The summed E-state index contributed by atoms with van der Waals surface area (Å²) < 4.78 is 5.74. The minimum Gasteiger partial charge on any atom is -0.507 e. The molecule has 1 fully saturated rings. The van der Waals surface area contributed by atoms with Crippen molar-refractivity contribution in [2.75, 3.05) is 6.61 Å². The number of Topliss-reactive ketones (excluding diaryl/α,β-unsaturated/α-hetero) is 1. The Balaban J connectivity index is 1.81. The molecule has 0 radical (unpaired) electrons. The van der Waals surface area contributed by atoms with Gasteiger partial charge in [-0.05, 0) is 61.2 Å². The Morgan fingerprint density at radius 1 is 1.09 bits per heavy atom. The van der Waals surface area contributed by atoms with E-state index < -0.39 is 17.7 Å². The number of aromatic nitrogens is 1. The van der Waals surface area contributed by atoms with Crippen molar-refractivity contribution in [2.24, 2.45) is 0 Å². The molecule has 4 rings (SSSR count). The van der Waals surface area contributed by atoms with E-state index in [1.165, 1.54) is 4.90 Å². The molecular weight excluding hydrogens is 428 g/mol. The molecule has 3 aromatic rings. The minimum absolute atomic E-state index is 0.0827. The van der Waals surface area contributed by atoms with E-state index in [0.29, 0.717) is 12.2 Å². The molecule has 1 aromatic heterocycles. The van der Waals surface area contributed by atoms with Crippen molar-refractivity contribution >= 4 is 17.4 Å². The van der Waals surface area contributed by atoms with Gasteiger partial charge in [0.2, 0.25) is 0 Å². The maximum atomic E-state index is 13.2. The van der Waals surface area contributed by atoms with Crippen LogP contribution in [0.4, 0.5) is 0 Å². The van der Waals surface area contributed by atoms with Gasteiger partial charge in [0.05, 0.1) is 18.2 Å². The Kier molecular flexibility index (Phi) is 6.77. The number of pyridine rings is 1. The predicted octanol–water partition coefficient (Wildman–Crippen LogP) is 5.11. The third kappa shape index (κ3) is 4.57. The minimum atomic E-state index is -0.711. The van der Waals surface area contributed by atoms with Crippen LogP contribution in [-0.2, 0) is 16.1 Å². The van der Waals surface area contributed by atoms with E-state index >= 15 is 0 Å². The molecule has 2 aromatic carbocycles. The monoisotopic (exact) mass is 456 g/mol. The number of hydrogen-bond acceptors (Lipinski definition) is 5. The van der Waals surface area contributed by atoms with Crippen LogP contribution in [0.3, 0.4) is 0 Å². The van der Waals surface area contributed by atoms with Crippen molar-refractivity contribution in [1.82, 2.24) is 9.88 Å². The molecule has 174 valence electrons. The number of carbonyl (C=O) groups excluding carboxylic acids is 2. The predicted molar refractivity (Wildman–Crippen MR) is 130 cm³/mol. The van der Waals surface area contributed by atoms with Gasteiger partial charge >= 0.3 is 0 Å². The molecule has 1 aliphatic rings. The van der Waals surface area contributed by atoms with Crippen LogP contribution in [0.25, 0.3) is 5.76 Å². The fourth-order valence-corrected chi connectivity index (χ4v) is 4.15. The van der Waals surface area contributed by atoms with Gasteiger partial charge < -0.3 is 14.7 Å². The normalized spacial score (nSPS) is 17.3. The van der Waals surface area contributed by atoms with E-state index in [0.717, 1.165) is 34.4 Å². The fourth-order valence-electron chi connectivity index (χ4n) is 4.15. The number of amides is 1. The number of aliphatic hydroxyl groups is 1. The van der Waals surface area contributed by atoms with Crippen LogP contribution >= 0.6 is 0 Å². The van der Waals surface area contributed by atoms with Gasteiger partial charge in [-0.15, -0.1) is 0 Å². The summed E-state index contributed by atoms with van der Waals surface area (Å²) in [5.41, 5.74) is 4.02. The molecule has 0 aliphatic carbocycles. The van der Waals surface area contributed by atoms with E-state index in [1.54, 1.807) is 36.7 Å². The van der Waals surface area contributed by atoms with Crippen LogP contribution in [-0.4, -0.2) is 33.3 Å². The summed E-state index contributed by atoms with van der Waals surface area (Å²) in [5.74, 6) is -0.806. The molecule has 34 heavy (non-hydrogen) atoms. The van der Waals surface area contributed by atoms with Crippen LogP contribution in [0, 0.1) is 13.8 Å². The van der Waals surface area contributed by atoms with Crippen molar-refractivity contribution < 1.29 is 19.4 Å². The lowest BCUT2D eigenvalue weighted by atomic mass is 9.94. The Bertz CT molecular complexity index is 1230. The third-order valence-corrected chi connectivity index (χ3v) is 5.92. The summed E-state index contributed by atoms with van der Waals surface area (Å²) in [7, 11) is 0. The highest BCUT2D eigenvalue weighted by atomic mass is 16.5. The molecule has 0 saturated carbocycles.